The predicted molar refractivity (Wildman–Crippen MR) is 134 cm³/mol. The molecule has 5 rings (SSSR count). The molecule has 0 bridgehead atoms. The summed E-state index contributed by atoms with van der Waals surface area (Å²) < 4.78 is 17.2. The van der Waals surface area contributed by atoms with E-state index in [-0.39, 0.29) is 16.8 Å². The van der Waals surface area contributed by atoms with Gasteiger partial charge in [-0.1, -0.05) is 97.1 Å². The Balaban J connectivity index is 1.84. The third kappa shape index (κ3) is 3.71. The molecule has 172 valence electrons. The van der Waals surface area contributed by atoms with Gasteiger partial charge in [-0.3, -0.25) is 0 Å². The van der Waals surface area contributed by atoms with Crippen molar-refractivity contribution < 1.29 is 14.3 Å². The molecule has 0 atom stereocenters. The van der Waals surface area contributed by atoms with Crippen molar-refractivity contribution in [2.75, 3.05) is 0 Å². The fraction of sp³-hybridized carbons (Fsp3) is 0.0667. The van der Waals surface area contributed by atoms with Crippen molar-refractivity contribution in [3.63, 3.8) is 0 Å². The van der Waals surface area contributed by atoms with Gasteiger partial charge in [-0.25, -0.2) is 14.2 Å². The number of nitrogens with zero attached hydrogens (tertiary/aromatic N) is 2. The second kappa shape index (κ2) is 9.03. The summed E-state index contributed by atoms with van der Waals surface area (Å²) in [6.45, 7) is 1.61. The zero-order valence-electron chi connectivity index (χ0n) is 19.1. The van der Waals surface area contributed by atoms with Crippen molar-refractivity contribution >= 4 is 5.97 Å². The summed E-state index contributed by atoms with van der Waals surface area (Å²) >= 11 is 0. The van der Waals surface area contributed by atoms with Crippen LogP contribution < -0.4 is 0 Å². The van der Waals surface area contributed by atoms with Crippen molar-refractivity contribution in [1.82, 2.24) is 9.55 Å². The number of aryl methyl sites for hydroxylation is 1. The Labute approximate surface area is 203 Å². The van der Waals surface area contributed by atoms with E-state index in [1.165, 1.54) is 12.1 Å². The average Bonchev–Trinajstić information content (AvgIpc) is 3.38. The van der Waals surface area contributed by atoms with Crippen LogP contribution in [0.15, 0.2) is 116 Å². The van der Waals surface area contributed by atoms with Gasteiger partial charge < -0.3 is 9.67 Å². The summed E-state index contributed by atoms with van der Waals surface area (Å²) in [5.74, 6) is -1.78. The second-order valence-electron chi connectivity index (χ2n) is 8.40. The summed E-state index contributed by atoms with van der Waals surface area (Å²) in [6.07, 6.45) is 3.38. The van der Waals surface area contributed by atoms with Crippen molar-refractivity contribution in [2.24, 2.45) is 0 Å². The zero-order valence-corrected chi connectivity index (χ0v) is 19.1. The van der Waals surface area contributed by atoms with Gasteiger partial charge >= 0.3 is 5.97 Å². The standard InChI is InChI=1S/C30H23FN2O2/c1-21-17-18-25(29(34)35)27(28(21)31)26-19-33(20-32-26)30(22-11-5-2-6-12-22,23-13-7-3-8-14-23)24-15-9-4-10-16-24/h2-20H,1H3,(H,34,35). The molecule has 5 aromatic rings. The first kappa shape index (κ1) is 22.3. The van der Waals surface area contributed by atoms with Gasteiger partial charge in [0.05, 0.1) is 23.1 Å². The maximum atomic E-state index is 15.3. The van der Waals surface area contributed by atoms with Crippen molar-refractivity contribution in [3.8, 4) is 11.3 Å². The lowest BCUT2D eigenvalue weighted by atomic mass is 9.77. The van der Waals surface area contributed by atoms with Crippen LogP contribution in [0.1, 0.15) is 32.6 Å². The molecule has 4 nitrogen and oxygen atoms in total. The second-order valence-corrected chi connectivity index (χ2v) is 8.40. The topological polar surface area (TPSA) is 55.1 Å². The Bertz CT molecular complexity index is 1380. The fourth-order valence-electron chi connectivity index (χ4n) is 4.73. The van der Waals surface area contributed by atoms with Gasteiger partial charge in [-0.05, 0) is 35.2 Å². The lowest BCUT2D eigenvalue weighted by Gasteiger charge is -2.37. The highest BCUT2D eigenvalue weighted by atomic mass is 19.1. The lowest BCUT2D eigenvalue weighted by molar-refractivity contribution is 0.0697. The summed E-state index contributed by atoms with van der Waals surface area (Å²) in [5, 5.41) is 9.74. The van der Waals surface area contributed by atoms with Crippen LogP contribution in [0.3, 0.4) is 0 Å². The van der Waals surface area contributed by atoms with Crippen LogP contribution in [0.2, 0.25) is 0 Å². The quantitative estimate of drug-likeness (QED) is 0.292. The molecular weight excluding hydrogens is 439 g/mol. The summed E-state index contributed by atoms with van der Waals surface area (Å²) in [4.78, 5) is 16.5. The molecule has 0 fully saturated rings. The smallest absolute Gasteiger partial charge is 0.336 e. The molecule has 0 aliphatic heterocycles. The number of aromatic nitrogens is 2. The van der Waals surface area contributed by atoms with E-state index in [1.807, 2.05) is 59.2 Å². The SMILES string of the molecule is Cc1ccc(C(=O)O)c(-c2cn(C(c3ccccc3)(c3ccccc3)c3ccccc3)cn2)c1F. The molecule has 1 aromatic heterocycles. The zero-order chi connectivity index (χ0) is 24.4. The highest BCUT2D eigenvalue weighted by Gasteiger charge is 2.38. The number of halogens is 1. The number of rotatable bonds is 6. The first-order valence-corrected chi connectivity index (χ1v) is 11.3. The molecule has 0 aliphatic rings. The minimum atomic E-state index is -1.20. The van der Waals surface area contributed by atoms with E-state index in [2.05, 4.69) is 41.4 Å². The van der Waals surface area contributed by atoms with Gasteiger partial charge in [0, 0.05) is 6.20 Å². The number of hydrogen-bond acceptors (Lipinski definition) is 2. The molecule has 0 saturated heterocycles. The first-order valence-electron chi connectivity index (χ1n) is 11.3. The van der Waals surface area contributed by atoms with E-state index in [0.717, 1.165) is 16.7 Å². The molecule has 5 heteroatoms. The molecule has 0 aliphatic carbocycles. The Morgan fingerprint density at radius 1 is 0.800 bits per heavy atom. The van der Waals surface area contributed by atoms with E-state index < -0.39 is 17.3 Å². The van der Waals surface area contributed by atoms with Gasteiger partial charge in [0.2, 0.25) is 0 Å². The lowest BCUT2D eigenvalue weighted by Crippen LogP contribution is -2.36. The fourth-order valence-corrected chi connectivity index (χ4v) is 4.73. The van der Waals surface area contributed by atoms with Crippen LogP contribution in [0.4, 0.5) is 4.39 Å². The minimum Gasteiger partial charge on any atom is -0.478 e. The number of carboxylic acids is 1. The third-order valence-corrected chi connectivity index (χ3v) is 6.37. The van der Waals surface area contributed by atoms with Gasteiger partial charge in [0.25, 0.3) is 0 Å². The maximum absolute atomic E-state index is 15.3. The molecular formula is C30H23FN2O2. The number of imidazole rings is 1. The number of carbonyl (C=O) groups is 1. The molecule has 1 heterocycles. The molecule has 4 aromatic carbocycles. The molecule has 0 radical (unpaired) electrons. The van der Waals surface area contributed by atoms with Crippen LogP contribution in [-0.2, 0) is 5.54 Å². The van der Waals surface area contributed by atoms with Gasteiger partial charge in [0.15, 0.2) is 0 Å². The van der Waals surface area contributed by atoms with Gasteiger partial charge in [-0.15, -0.1) is 0 Å². The number of hydrogen-bond donors (Lipinski definition) is 1. The van der Waals surface area contributed by atoms with E-state index >= 15 is 4.39 Å². The summed E-state index contributed by atoms with van der Waals surface area (Å²) in [6, 6.07) is 33.0. The van der Waals surface area contributed by atoms with Gasteiger partial charge in [-0.2, -0.15) is 0 Å². The van der Waals surface area contributed by atoms with Crippen molar-refractivity contribution in [2.45, 2.75) is 12.5 Å². The Morgan fingerprint density at radius 2 is 1.29 bits per heavy atom. The summed E-state index contributed by atoms with van der Waals surface area (Å²) in [7, 11) is 0. The number of aromatic carboxylic acids is 1. The van der Waals surface area contributed by atoms with Crippen LogP contribution in [-0.4, -0.2) is 20.6 Å². The first-order chi connectivity index (χ1) is 17.0. The van der Waals surface area contributed by atoms with Crippen LogP contribution in [0.5, 0.6) is 0 Å². The average molecular weight is 463 g/mol. The third-order valence-electron chi connectivity index (χ3n) is 6.37. The molecule has 0 spiro atoms. The normalized spacial score (nSPS) is 11.4. The van der Waals surface area contributed by atoms with E-state index in [9.17, 15) is 9.90 Å². The molecule has 0 amide bonds. The predicted octanol–water partition coefficient (Wildman–Crippen LogP) is 6.54. The van der Waals surface area contributed by atoms with E-state index in [0.29, 0.717) is 5.56 Å². The van der Waals surface area contributed by atoms with E-state index in [1.54, 1.807) is 19.4 Å². The molecule has 0 saturated carbocycles. The highest BCUT2D eigenvalue weighted by molar-refractivity contribution is 5.95. The molecule has 1 N–H and O–H groups in total. The Kier molecular flexibility index (Phi) is 5.75. The van der Waals surface area contributed by atoms with Gasteiger partial charge in [0.1, 0.15) is 11.4 Å². The summed E-state index contributed by atoms with van der Waals surface area (Å²) in [5.41, 5.74) is 2.63. The molecule has 35 heavy (non-hydrogen) atoms. The monoisotopic (exact) mass is 462 g/mol. The van der Waals surface area contributed by atoms with Crippen LogP contribution in [0, 0.1) is 12.7 Å². The van der Waals surface area contributed by atoms with Crippen LogP contribution >= 0.6 is 0 Å². The Morgan fingerprint density at radius 3 is 1.74 bits per heavy atom. The largest absolute Gasteiger partial charge is 0.478 e. The van der Waals surface area contributed by atoms with Crippen LogP contribution in [0.25, 0.3) is 11.3 Å². The molecule has 0 unspecified atom stereocenters. The van der Waals surface area contributed by atoms with Crippen molar-refractivity contribution in [3.05, 3.63) is 149 Å². The van der Waals surface area contributed by atoms with Crippen molar-refractivity contribution in [1.29, 1.82) is 0 Å². The van der Waals surface area contributed by atoms with E-state index in [4.69, 9.17) is 0 Å². The minimum absolute atomic E-state index is 0.0145. The Hall–Kier alpha value is -4.51. The number of benzene rings is 4. The number of carboxylic acid groups (broad SMARTS) is 1. The highest BCUT2D eigenvalue weighted by Crippen LogP contribution is 2.41. The maximum Gasteiger partial charge on any atom is 0.336 e.